The molecule has 3 aliphatic rings. The number of H-pyrrole nitrogens is 1. The molecule has 0 radical (unpaired) electrons. The second kappa shape index (κ2) is 8.16. The molecule has 2 atom stereocenters. The molecule has 0 saturated heterocycles. The summed E-state index contributed by atoms with van der Waals surface area (Å²) in [4.78, 5) is 25.4. The first kappa shape index (κ1) is 21.2. The Bertz CT molecular complexity index is 1380. The number of aliphatic carboxylic acids is 1. The lowest BCUT2D eigenvalue weighted by atomic mass is 9.57. The summed E-state index contributed by atoms with van der Waals surface area (Å²) in [6.45, 7) is 0. The summed E-state index contributed by atoms with van der Waals surface area (Å²) in [5, 5.41) is 18.1. The van der Waals surface area contributed by atoms with Gasteiger partial charge in [0.05, 0.1) is 28.3 Å². The predicted molar refractivity (Wildman–Crippen MR) is 121 cm³/mol. The van der Waals surface area contributed by atoms with Gasteiger partial charge in [-0.3, -0.25) is 9.89 Å². The molecule has 8 nitrogen and oxygen atoms in total. The molecule has 0 aliphatic heterocycles. The maximum Gasteiger partial charge on any atom is 0.307 e. The Balaban J connectivity index is 1.49. The fourth-order valence-corrected chi connectivity index (χ4v) is 6.00. The third-order valence-electron chi connectivity index (χ3n) is 7.38. The molecule has 4 aromatic rings. The Labute approximate surface area is 198 Å². The van der Waals surface area contributed by atoms with E-state index in [0.29, 0.717) is 21.7 Å². The Morgan fingerprint density at radius 2 is 2.03 bits per heavy atom. The van der Waals surface area contributed by atoms with Crippen molar-refractivity contribution in [3.63, 3.8) is 0 Å². The molecular weight excluding hydrogens is 461 g/mol. The SMILES string of the molecule is O=C(O)C1C2CCC(CC2)C1Cc1nc(-c2[nH]nc3ncc(Cl)cc23)nc(-c2ccco2)c1F. The van der Waals surface area contributed by atoms with Gasteiger partial charge < -0.3 is 9.52 Å². The van der Waals surface area contributed by atoms with E-state index >= 15 is 4.39 Å². The van der Waals surface area contributed by atoms with Crippen LogP contribution in [-0.4, -0.2) is 36.2 Å². The third kappa shape index (κ3) is 3.46. The Morgan fingerprint density at radius 3 is 2.76 bits per heavy atom. The lowest BCUT2D eigenvalue weighted by Gasteiger charge is -2.46. The lowest BCUT2D eigenvalue weighted by molar-refractivity contribution is -0.152. The average Bonchev–Trinajstić information content (AvgIpc) is 3.51. The summed E-state index contributed by atoms with van der Waals surface area (Å²) in [7, 11) is 0. The maximum absolute atomic E-state index is 15.8. The molecular formula is C24H21ClFN5O3. The van der Waals surface area contributed by atoms with E-state index in [4.69, 9.17) is 16.0 Å². The number of nitrogens with one attached hydrogen (secondary N) is 1. The van der Waals surface area contributed by atoms with Crippen LogP contribution in [0, 0.1) is 29.5 Å². The second-order valence-electron chi connectivity index (χ2n) is 9.16. The van der Waals surface area contributed by atoms with Gasteiger partial charge in [0, 0.05) is 6.20 Å². The van der Waals surface area contributed by atoms with E-state index in [2.05, 4.69) is 25.1 Å². The van der Waals surface area contributed by atoms with Gasteiger partial charge in [0.15, 0.2) is 23.0 Å². The van der Waals surface area contributed by atoms with Gasteiger partial charge in [-0.05, 0) is 68.1 Å². The van der Waals surface area contributed by atoms with E-state index in [-0.39, 0.29) is 47.1 Å². The minimum absolute atomic E-state index is 0.0237. The normalized spacial score (nSPS) is 24.1. The number of carboxylic acid groups (broad SMARTS) is 1. The van der Waals surface area contributed by atoms with Crippen molar-refractivity contribution in [3.05, 3.63) is 47.2 Å². The zero-order valence-electron chi connectivity index (χ0n) is 18.0. The van der Waals surface area contributed by atoms with Gasteiger partial charge in [-0.25, -0.2) is 19.3 Å². The van der Waals surface area contributed by atoms with Crippen molar-refractivity contribution in [2.75, 3.05) is 0 Å². The molecule has 174 valence electrons. The van der Waals surface area contributed by atoms with Crippen LogP contribution >= 0.6 is 11.6 Å². The number of hydrogen-bond acceptors (Lipinski definition) is 6. The molecule has 3 saturated carbocycles. The number of fused-ring (bicyclic) bond motifs is 4. The zero-order chi connectivity index (χ0) is 23.4. The summed E-state index contributed by atoms with van der Waals surface area (Å²) in [6.07, 6.45) is 6.94. The first-order chi connectivity index (χ1) is 16.5. The number of carbonyl (C=O) groups is 1. The smallest absolute Gasteiger partial charge is 0.307 e. The number of aromatic nitrogens is 5. The molecule has 2 unspecified atom stereocenters. The maximum atomic E-state index is 15.8. The van der Waals surface area contributed by atoms with Crippen LogP contribution < -0.4 is 0 Å². The van der Waals surface area contributed by atoms with Crippen molar-refractivity contribution in [1.29, 1.82) is 0 Å². The number of furan rings is 1. The highest BCUT2D eigenvalue weighted by atomic mass is 35.5. The van der Waals surface area contributed by atoms with Crippen LogP contribution in [0.3, 0.4) is 0 Å². The second-order valence-corrected chi connectivity index (χ2v) is 9.60. The van der Waals surface area contributed by atoms with Crippen molar-refractivity contribution in [2.24, 2.45) is 23.7 Å². The van der Waals surface area contributed by atoms with E-state index in [0.717, 1.165) is 25.7 Å². The third-order valence-corrected chi connectivity index (χ3v) is 7.59. The summed E-state index contributed by atoms with van der Waals surface area (Å²) >= 11 is 6.14. The van der Waals surface area contributed by atoms with Crippen LogP contribution in [0.1, 0.15) is 31.4 Å². The summed E-state index contributed by atoms with van der Waals surface area (Å²) in [6, 6.07) is 4.99. The van der Waals surface area contributed by atoms with Crippen LogP contribution in [0.15, 0.2) is 35.1 Å². The zero-order valence-corrected chi connectivity index (χ0v) is 18.8. The molecule has 0 aromatic carbocycles. The molecule has 2 bridgehead atoms. The number of rotatable bonds is 5. The quantitative estimate of drug-likeness (QED) is 0.404. The minimum Gasteiger partial charge on any atom is -0.481 e. The van der Waals surface area contributed by atoms with Crippen LogP contribution in [0.5, 0.6) is 0 Å². The van der Waals surface area contributed by atoms with Gasteiger partial charge in [-0.15, -0.1) is 0 Å². The van der Waals surface area contributed by atoms with Crippen molar-refractivity contribution in [3.8, 4) is 23.0 Å². The molecule has 4 aromatic heterocycles. The molecule has 0 spiro atoms. The number of nitrogens with zero attached hydrogens (tertiary/aromatic N) is 4. The van der Waals surface area contributed by atoms with Crippen molar-refractivity contribution in [2.45, 2.75) is 32.1 Å². The van der Waals surface area contributed by atoms with E-state index in [9.17, 15) is 9.90 Å². The Morgan fingerprint density at radius 1 is 1.24 bits per heavy atom. The fraction of sp³-hybridized carbons (Fsp3) is 0.375. The van der Waals surface area contributed by atoms with Crippen LogP contribution in [0.2, 0.25) is 5.02 Å². The molecule has 3 aliphatic carbocycles. The Kier molecular flexibility index (Phi) is 5.09. The standard InChI is InChI=1S/C24H21ClFN5O3/c25-13-8-15-20(30-31-22(15)27-10-13)23-28-16(19(26)21(29-23)17-2-1-7-34-17)9-14-11-3-5-12(6-4-11)18(14)24(32)33/h1-2,7-8,10-12,14,18H,3-6,9H2,(H,32,33)(H,27,30,31). The lowest BCUT2D eigenvalue weighted by Crippen LogP contribution is -2.45. The number of pyridine rings is 1. The predicted octanol–water partition coefficient (Wildman–Crippen LogP) is 5.15. The highest BCUT2D eigenvalue weighted by Gasteiger charge is 2.47. The Hall–Kier alpha value is -3.33. The number of hydrogen-bond donors (Lipinski definition) is 2. The molecule has 4 heterocycles. The minimum atomic E-state index is -0.805. The highest BCUT2D eigenvalue weighted by molar-refractivity contribution is 6.31. The molecule has 3 fully saturated rings. The average molecular weight is 482 g/mol. The van der Waals surface area contributed by atoms with Crippen LogP contribution in [-0.2, 0) is 11.2 Å². The number of aromatic amines is 1. The van der Waals surface area contributed by atoms with E-state index in [1.54, 1.807) is 18.2 Å². The first-order valence-electron chi connectivity index (χ1n) is 11.3. The first-order valence-corrected chi connectivity index (χ1v) is 11.7. The molecule has 34 heavy (non-hydrogen) atoms. The van der Waals surface area contributed by atoms with Gasteiger partial charge in [0.25, 0.3) is 0 Å². The van der Waals surface area contributed by atoms with Crippen molar-refractivity contribution < 1.29 is 18.7 Å². The van der Waals surface area contributed by atoms with E-state index in [1.807, 2.05) is 0 Å². The molecule has 2 N–H and O–H groups in total. The monoisotopic (exact) mass is 481 g/mol. The topological polar surface area (TPSA) is 118 Å². The van der Waals surface area contributed by atoms with Gasteiger partial charge in [-0.1, -0.05) is 11.6 Å². The van der Waals surface area contributed by atoms with Gasteiger partial charge in [-0.2, -0.15) is 5.10 Å². The molecule has 7 rings (SSSR count). The van der Waals surface area contributed by atoms with Crippen molar-refractivity contribution >= 4 is 28.6 Å². The fourth-order valence-electron chi connectivity index (χ4n) is 5.84. The molecule has 0 amide bonds. The van der Waals surface area contributed by atoms with Gasteiger partial charge in [0.1, 0.15) is 11.4 Å². The summed E-state index contributed by atoms with van der Waals surface area (Å²) in [5.74, 6) is -1.21. The van der Waals surface area contributed by atoms with Crippen molar-refractivity contribution in [1.82, 2.24) is 25.1 Å². The summed E-state index contributed by atoms with van der Waals surface area (Å²) in [5.41, 5.74) is 1.09. The summed E-state index contributed by atoms with van der Waals surface area (Å²) < 4.78 is 21.2. The van der Waals surface area contributed by atoms with Gasteiger partial charge in [0.2, 0.25) is 0 Å². The molecule has 10 heteroatoms. The number of halogens is 2. The van der Waals surface area contributed by atoms with Gasteiger partial charge >= 0.3 is 5.97 Å². The number of carboxylic acids is 1. The highest BCUT2D eigenvalue weighted by Crippen LogP contribution is 2.50. The van der Waals surface area contributed by atoms with E-state index < -0.39 is 17.7 Å². The largest absolute Gasteiger partial charge is 0.481 e. The van der Waals surface area contributed by atoms with E-state index in [1.165, 1.54) is 12.5 Å². The van der Waals surface area contributed by atoms with Crippen LogP contribution in [0.4, 0.5) is 4.39 Å². The van der Waals surface area contributed by atoms with Crippen LogP contribution in [0.25, 0.3) is 34.0 Å².